The molecule has 0 amide bonds. The van der Waals surface area contributed by atoms with Gasteiger partial charge in [-0.1, -0.05) is 78.3 Å². The summed E-state index contributed by atoms with van der Waals surface area (Å²) in [6, 6.07) is 29.6. The lowest BCUT2D eigenvalue weighted by Gasteiger charge is -2.11. The van der Waals surface area contributed by atoms with Crippen molar-refractivity contribution < 1.29 is 4.79 Å². The van der Waals surface area contributed by atoms with Crippen LogP contribution in [0.25, 0.3) is 10.8 Å². The van der Waals surface area contributed by atoms with E-state index in [-0.39, 0.29) is 5.78 Å². The monoisotopic (exact) mass is 356 g/mol. The molecular formula is C24H17ClO. The molecule has 0 aliphatic rings. The van der Waals surface area contributed by atoms with Crippen LogP contribution in [0, 0.1) is 0 Å². The first-order valence-corrected chi connectivity index (χ1v) is 8.95. The maximum Gasteiger partial charge on any atom is 0.193 e. The van der Waals surface area contributed by atoms with E-state index in [9.17, 15) is 4.79 Å². The molecule has 0 bridgehead atoms. The van der Waals surface area contributed by atoms with Gasteiger partial charge in [-0.25, -0.2) is 0 Å². The number of carbonyl (C=O) groups excluding carboxylic acids is 1. The number of fused-ring (bicyclic) bond motifs is 1. The van der Waals surface area contributed by atoms with Crippen molar-refractivity contribution in [2.45, 2.75) is 6.42 Å². The van der Waals surface area contributed by atoms with E-state index in [2.05, 4.69) is 36.4 Å². The summed E-state index contributed by atoms with van der Waals surface area (Å²) in [6.45, 7) is 0. The van der Waals surface area contributed by atoms with E-state index in [1.165, 1.54) is 16.3 Å². The summed E-state index contributed by atoms with van der Waals surface area (Å²) in [5.74, 6) is 0.0255. The number of hydrogen-bond acceptors (Lipinski definition) is 1. The molecule has 0 saturated carbocycles. The van der Waals surface area contributed by atoms with Crippen LogP contribution in [0.3, 0.4) is 0 Å². The van der Waals surface area contributed by atoms with Crippen molar-refractivity contribution >= 4 is 28.2 Å². The molecule has 0 radical (unpaired) electrons. The van der Waals surface area contributed by atoms with E-state index in [4.69, 9.17) is 11.6 Å². The molecule has 0 spiro atoms. The number of benzene rings is 4. The third kappa shape index (κ3) is 3.26. The van der Waals surface area contributed by atoms with Gasteiger partial charge in [0.15, 0.2) is 5.78 Å². The SMILES string of the molecule is O=C(c1ccc(Cl)cc1)c1ccccc1Cc1cccc2ccccc12. The van der Waals surface area contributed by atoms with Gasteiger partial charge in [0.25, 0.3) is 0 Å². The Morgan fingerprint density at radius 1 is 0.692 bits per heavy atom. The van der Waals surface area contributed by atoms with Crippen LogP contribution in [0.2, 0.25) is 5.02 Å². The molecule has 26 heavy (non-hydrogen) atoms. The summed E-state index contributed by atoms with van der Waals surface area (Å²) in [7, 11) is 0. The summed E-state index contributed by atoms with van der Waals surface area (Å²) >= 11 is 5.95. The largest absolute Gasteiger partial charge is 0.289 e. The van der Waals surface area contributed by atoms with Crippen molar-refractivity contribution in [3.05, 3.63) is 118 Å². The Kier molecular flexibility index (Phi) is 4.55. The summed E-state index contributed by atoms with van der Waals surface area (Å²) in [5.41, 5.74) is 3.64. The van der Waals surface area contributed by atoms with E-state index in [1.807, 2.05) is 30.3 Å². The molecule has 126 valence electrons. The quantitative estimate of drug-likeness (QED) is 0.391. The lowest BCUT2D eigenvalue weighted by Crippen LogP contribution is -2.06. The number of hydrogen-bond donors (Lipinski definition) is 0. The van der Waals surface area contributed by atoms with E-state index < -0.39 is 0 Å². The first-order valence-electron chi connectivity index (χ1n) is 8.57. The average molecular weight is 357 g/mol. The van der Waals surface area contributed by atoms with E-state index in [0.29, 0.717) is 10.6 Å². The van der Waals surface area contributed by atoms with Crippen LogP contribution in [0.4, 0.5) is 0 Å². The average Bonchev–Trinajstić information content (AvgIpc) is 2.69. The lowest BCUT2D eigenvalue weighted by molar-refractivity contribution is 0.103. The number of halogens is 1. The molecule has 0 unspecified atom stereocenters. The molecule has 0 aliphatic heterocycles. The standard InChI is InChI=1S/C24H17ClO/c25-21-14-12-18(13-15-21)24(26)23-11-4-2-7-20(23)16-19-9-5-8-17-6-1-3-10-22(17)19/h1-15H,16H2. The molecule has 4 rings (SSSR count). The van der Waals surface area contributed by atoms with Crippen LogP contribution in [0.15, 0.2) is 91.0 Å². The number of ketones is 1. The molecule has 0 atom stereocenters. The van der Waals surface area contributed by atoms with Crippen LogP contribution in [0.1, 0.15) is 27.0 Å². The zero-order valence-corrected chi connectivity index (χ0v) is 14.9. The van der Waals surface area contributed by atoms with Gasteiger partial charge < -0.3 is 0 Å². The van der Waals surface area contributed by atoms with Gasteiger partial charge in [-0.3, -0.25) is 4.79 Å². The van der Waals surface area contributed by atoms with Crippen molar-refractivity contribution in [3.8, 4) is 0 Å². The predicted octanol–water partition coefficient (Wildman–Crippen LogP) is 6.32. The highest BCUT2D eigenvalue weighted by atomic mass is 35.5. The zero-order valence-electron chi connectivity index (χ0n) is 14.2. The second-order valence-electron chi connectivity index (χ2n) is 6.31. The van der Waals surface area contributed by atoms with E-state index in [1.54, 1.807) is 24.3 Å². The molecule has 4 aromatic rings. The Labute approximate surface area is 157 Å². The minimum absolute atomic E-state index is 0.0255. The van der Waals surface area contributed by atoms with Gasteiger partial charge in [-0.05, 0) is 52.6 Å². The molecule has 2 heteroatoms. The molecule has 0 fully saturated rings. The fourth-order valence-corrected chi connectivity index (χ4v) is 3.43. The summed E-state index contributed by atoms with van der Waals surface area (Å²) < 4.78 is 0. The topological polar surface area (TPSA) is 17.1 Å². The van der Waals surface area contributed by atoms with Crippen LogP contribution in [0.5, 0.6) is 0 Å². The molecule has 0 aromatic heterocycles. The fraction of sp³-hybridized carbons (Fsp3) is 0.0417. The van der Waals surface area contributed by atoms with E-state index in [0.717, 1.165) is 17.5 Å². The first kappa shape index (κ1) is 16.6. The van der Waals surface area contributed by atoms with Gasteiger partial charge in [0.05, 0.1) is 0 Å². The smallest absolute Gasteiger partial charge is 0.193 e. The molecule has 4 aromatic carbocycles. The van der Waals surface area contributed by atoms with Crippen molar-refractivity contribution in [2.24, 2.45) is 0 Å². The van der Waals surface area contributed by atoms with Crippen LogP contribution in [-0.2, 0) is 6.42 Å². The van der Waals surface area contributed by atoms with E-state index >= 15 is 0 Å². The molecule has 0 N–H and O–H groups in total. The Balaban J connectivity index is 1.74. The van der Waals surface area contributed by atoms with Crippen LogP contribution in [-0.4, -0.2) is 5.78 Å². The van der Waals surface area contributed by atoms with Gasteiger partial charge in [0.1, 0.15) is 0 Å². The van der Waals surface area contributed by atoms with Crippen LogP contribution >= 0.6 is 11.6 Å². The Hall–Kier alpha value is -2.90. The van der Waals surface area contributed by atoms with Crippen molar-refractivity contribution in [3.63, 3.8) is 0 Å². The normalized spacial score (nSPS) is 10.8. The van der Waals surface area contributed by atoms with Gasteiger partial charge in [-0.2, -0.15) is 0 Å². The summed E-state index contributed by atoms with van der Waals surface area (Å²) in [5, 5.41) is 3.07. The number of carbonyl (C=O) groups is 1. The molecule has 0 saturated heterocycles. The minimum atomic E-state index is 0.0255. The van der Waals surface area contributed by atoms with Crippen LogP contribution < -0.4 is 0 Å². The van der Waals surface area contributed by atoms with Gasteiger partial charge in [-0.15, -0.1) is 0 Å². The summed E-state index contributed by atoms with van der Waals surface area (Å²) in [4.78, 5) is 13.0. The maximum atomic E-state index is 13.0. The van der Waals surface area contributed by atoms with Crippen molar-refractivity contribution in [1.82, 2.24) is 0 Å². The predicted molar refractivity (Wildman–Crippen MR) is 108 cm³/mol. The van der Waals surface area contributed by atoms with Gasteiger partial charge in [0.2, 0.25) is 0 Å². The van der Waals surface area contributed by atoms with Crippen molar-refractivity contribution in [1.29, 1.82) is 0 Å². The molecule has 0 heterocycles. The Bertz CT molecular complexity index is 1080. The minimum Gasteiger partial charge on any atom is -0.289 e. The molecule has 0 aliphatic carbocycles. The third-order valence-corrected chi connectivity index (χ3v) is 4.88. The first-order chi connectivity index (χ1) is 12.7. The fourth-order valence-electron chi connectivity index (χ4n) is 3.30. The highest BCUT2D eigenvalue weighted by Gasteiger charge is 2.14. The molecular weight excluding hydrogens is 340 g/mol. The van der Waals surface area contributed by atoms with Crippen molar-refractivity contribution in [2.75, 3.05) is 0 Å². The summed E-state index contributed by atoms with van der Waals surface area (Å²) in [6.07, 6.45) is 0.719. The zero-order chi connectivity index (χ0) is 17.9. The van der Waals surface area contributed by atoms with Gasteiger partial charge >= 0.3 is 0 Å². The van der Waals surface area contributed by atoms with Gasteiger partial charge in [0, 0.05) is 16.1 Å². The Morgan fingerprint density at radius 2 is 1.35 bits per heavy atom. The third-order valence-electron chi connectivity index (χ3n) is 4.63. The number of rotatable bonds is 4. The second-order valence-corrected chi connectivity index (χ2v) is 6.74. The highest BCUT2D eigenvalue weighted by molar-refractivity contribution is 6.30. The maximum absolute atomic E-state index is 13.0. The second kappa shape index (κ2) is 7.15. The highest BCUT2D eigenvalue weighted by Crippen LogP contribution is 2.24. The molecule has 1 nitrogen and oxygen atoms in total. The lowest BCUT2D eigenvalue weighted by atomic mass is 9.92. The Morgan fingerprint density at radius 3 is 2.19 bits per heavy atom.